The number of aryl methyl sites for hydroxylation is 1. The zero-order valence-corrected chi connectivity index (χ0v) is 13.8. The molecule has 0 aliphatic heterocycles. The fraction of sp³-hybridized carbons (Fsp3) is 0.133. The molecule has 1 aromatic carbocycles. The van der Waals surface area contributed by atoms with E-state index in [0.717, 1.165) is 21.4 Å². The highest BCUT2D eigenvalue weighted by molar-refractivity contribution is 7.19. The van der Waals surface area contributed by atoms with Crippen LogP contribution in [-0.4, -0.2) is 26.9 Å². The highest BCUT2D eigenvalue weighted by Gasteiger charge is 2.12. The normalized spacial score (nSPS) is 10.4. The van der Waals surface area contributed by atoms with Crippen LogP contribution in [0.4, 0.5) is 22.5 Å². The molecule has 0 spiro atoms. The van der Waals surface area contributed by atoms with Gasteiger partial charge in [0.1, 0.15) is 0 Å². The van der Waals surface area contributed by atoms with Gasteiger partial charge in [0.05, 0.1) is 21.2 Å². The number of nitro groups is 1. The Bertz CT molecular complexity index is 895. The van der Waals surface area contributed by atoms with E-state index in [-0.39, 0.29) is 5.69 Å². The second-order valence-corrected chi connectivity index (χ2v) is 5.88. The summed E-state index contributed by atoms with van der Waals surface area (Å²) in [4.78, 5) is 24.4. The maximum Gasteiger partial charge on any atom is 0.271 e. The molecule has 0 unspecified atom stereocenters. The molecule has 8 nitrogen and oxygen atoms in total. The summed E-state index contributed by atoms with van der Waals surface area (Å²) in [5.41, 5.74) is 2.19. The average Bonchev–Trinajstić information content (AvgIpc) is 2.96. The van der Waals surface area contributed by atoms with Crippen molar-refractivity contribution >= 4 is 33.8 Å². The Morgan fingerprint density at radius 3 is 2.79 bits per heavy atom. The third-order valence-electron chi connectivity index (χ3n) is 3.21. The first kappa shape index (κ1) is 15.8. The van der Waals surface area contributed by atoms with E-state index in [0.29, 0.717) is 11.6 Å². The molecule has 3 rings (SSSR count). The van der Waals surface area contributed by atoms with Gasteiger partial charge in [0.25, 0.3) is 5.69 Å². The van der Waals surface area contributed by atoms with Crippen molar-refractivity contribution < 1.29 is 4.92 Å². The number of hydrogen-bond acceptors (Lipinski definition) is 8. The number of benzene rings is 1. The Morgan fingerprint density at radius 2 is 2.08 bits per heavy atom. The maximum absolute atomic E-state index is 10.8. The fourth-order valence-electron chi connectivity index (χ4n) is 2.11. The molecular weight excluding hydrogens is 328 g/mol. The van der Waals surface area contributed by atoms with E-state index in [4.69, 9.17) is 0 Å². The zero-order valence-electron chi connectivity index (χ0n) is 13.0. The van der Waals surface area contributed by atoms with Gasteiger partial charge in [-0.3, -0.25) is 10.1 Å². The smallest absolute Gasteiger partial charge is 0.271 e. The molecule has 0 saturated heterocycles. The third-order valence-corrected chi connectivity index (χ3v) is 4.41. The van der Waals surface area contributed by atoms with Gasteiger partial charge in [-0.2, -0.15) is 0 Å². The summed E-state index contributed by atoms with van der Waals surface area (Å²) in [7, 11) is 1.82. The van der Waals surface area contributed by atoms with E-state index in [1.54, 1.807) is 24.4 Å². The van der Waals surface area contributed by atoms with Crippen LogP contribution in [0.3, 0.4) is 0 Å². The van der Waals surface area contributed by atoms with Crippen molar-refractivity contribution in [2.45, 2.75) is 6.92 Å². The highest BCUT2D eigenvalue weighted by atomic mass is 32.1. The molecule has 0 atom stereocenters. The van der Waals surface area contributed by atoms with Crippen molar-refractivity contribution in [3.63, 3.8) is 0 Å². The molecule has 0 saturated carbocycles. The maximum atomic E-state index is 10.8. The van der Waals surface area contributed by atoms with Crippen LogP contribution in [0, 0.1) is 17.0 Å². The molecule has 2 N–H and O–H groups in total. The number of thiazole rings is 1. The lowest BCUT2D eigenvalue weighted by atomic mass is 10.3. The van der Waals surface area contributed by atoms with Gasteiger partial charge < -0.3 is 10.6 Å². The number of nitrogens with one attached hydrogen (secondary N) is 2. The van der Waals surface area contributed by atoms with Crippen LogP contribution in [0.5, 0.6) is 0 Å². The summed E-state index contributed by atoms with van der Waals surface area (Å²) in [6.07, 6.45) is 1.64. The molecular formula is C15H14N6O2S. The number of aromatic nitrogens is 3. The van der Waals surface area contributed by atoms with Crippen molar-refractivity contribution in [3.8, 4) is 10.6 Å². The Morgan fingerprint density at radius 1 is 1.25 bits per heavy atom. The van der Waals surface area contributed by atoms with Crippen molar-refractivity contribution in [1.29, 1.82) is 0 Å². The lowest BCUT2D eigenvalue weighted by Gasteiger charge is -2.06. The SMILES string of the molecule is CNc1nc(C)c(-c2ccnc(Nc3cccc([N+](=O)[O-])c3)n2)s1. The Balaban J connectivity index is 1.89. The summed E-state index contributed by atoms with van der Waals surface area (Å²) in [6, 6.07) is 8.00. The first-order valence-corrected chi connectivity index (χ1v) is 7.88. The van der Waals surface area contributed by atoms with E-state index in [2.05, 4.69) is 25.6 Å². The monoisotopic (exact) mass is 342 g/mol. The molecule has 2 aromatic heterocycles. The van der Waals surface area contributed by atoms with Crippen LogP contribution >= 0.6 is 11.3 Å². The van der Waals surface area contributed by atoms with Crippen LogP contribution in [0.2, 0.25) is 0 Å². The number of hydrogen-bond donors (Lipinski definition) is 2. The first-order chi connectivity index (χ1) is 11.6. The van der Waals surface area contributed by atoms with E-state index in [1.165, 1.54) is 23.5 Å². The number of nitrogens with zero attached hydrogens (tertiary/aromatic N) is 4. The Kier molecular flexibility index (Phi) is 4.34. The summed E-state index contributed by atoms with van der Waals surface area (Å²) in [5.74, 6) is 0.367. The molecule has 0 radical (unpaired) electrons. The molecule has 2 heterocycles. The predicted molar refractivity (Wildman–Crippen MR) is 93.8 cm³/mol. The largest absolute Gasteiger partial charge is 0.365 e. The standard InChI is InChI=1S/C15H14N6O2S/c1-9-13(24-15(16-2)18-9)12-6-7-17-14(20-12)19-10-4-3-5-11(8-10)21(22)23/h3-8H,1-2H3,(H,16,18)(H,17,19,20). The summed E-state index contributed by atoms with van der Waals surface area (Å²) in [6.45, 7) is 1.92. The second-order valence-electron chi connectivity index (χ2n) is 4.88. The lowest BCUT2D eigenvalue weighted by Crippen LogP contribution is -1.98. The lowest BCUT2D eigenvalue weighted by molar-refractivity contribution is -0.384. The van der Waals surface area contributed by atoms with Crippen LogP contribution in [0.1, 0.15) is 5.69 Å². The Labute approximate surface area is 141 Å². The summed E-state index contributed by atoms with van der Waals surface area (Å²) in [5, 5.41) is 17.7. The molecule has 0 amide bonds. The van der Waals surface area contributed by atoms with E-state index >= 15 is 0 Å². The zero-order chi connectivity index (χ0) is 17.1. The van der Waals surface area contributed by atoms with Gasteiger partial charge in [-0.05, 0) is 19.1 Å². The van der Waals surface area contributed by atoms with Gasteiger partial charge in [0.2, 0.25) is 5.95 Å². The third kappa shape index (κ3) is 3.30. The average molecular weight is 342 g/mol. The highest BCUT2D eigenvalue weighted by Crippen LogP contribution is 2.31. The second kappa shape index (κ2) is 6.59. The van der Waals surface area contributed by atoms with Gasteiger partial charge in [0, 0.05) is 31.1 Å². The van der Waals surface area contributed by atoms with E-state index in [1.807, 2.05) is 14.0 Å². The molecule has 9 heteroatoms. The van der Waals surface area contributed by atoms with E-state index in [9.17, 15) is 10.1 Å². The fourth-order valence-corrected chi connectivity index (χ4v) is 3.00. The number of nitro benzene ring substituents is 1. The molecule has 0 bridgehead atoms. The first-order valence-electron chi connectivity index (χ1n) is 7.07. The van der Waals surface area contributed by atoms with Crippen LogP contribution in [0.15, 0.2) is 36.5 Å². The van der Waals surface area contributed by atoms with Gasteiger partial charge in [-0.1, -0.05) is 17.4 Å². The van der Waals surface area contributed by atoms with Crippen molar-refractivity contribution in [3.05, 3.63) is 52.3 Å². The van der Waals surface area contributed by atoms with Crippen molar-refractivity contribution in [2.75, 3.05) is 17.7 Å². The summed E-state index contributed by atoms with van der Waals surface area (Å²) >= 11 is 1.50. The molecule has 0 aliphatic rings. The van der Waals surface area contributed by atoms with Crippen LogP contribution in [-0.2, 0) is 0 Å². The van der Waals surface area contributed by atoms with E-state index < -0.39 is 4.92 Å². The molecule has 24 heavy (non-hydrogen) atoms. The van der Waals surface area contributed by atoms with Gasteiger partial charge in [-0.25, -0.2) is 15.0 Å². The van der Waals surface area contributed by atoms with Gasteiger partial charge >= 0.3 is 0 Å². The minimum absolute atomic E-state index is 0.00752. The minimum atomic E-state index is -0.442. The summed E-state index contributed by atoms with van der Waals surface area (Å²) < 4.78 is 0. The minimum Gasteiger partial charge on any atom is -0.365 e. The van der Waals surface area contributed by atoms with Crippen molar-refractivity contribution in [2.24, 2.45) is 0 Å². The topological polar surface area (TPSA) is 106 Å². The number of rotatable bonds is 5. The van der Waals surface area contributed by atoms with Crippen LogP contribution < -0.4 is 10.6 Å². The number of non-ortho nitro benzene ring substituents is 1. The molecule has 0 aliphatic carbocycles. The van der Waals surface area contributed by atoms with Crippen LogP contribution in [0.25, 0.3) is 10.6 Å². The van der Waals surface area contributed by atoms with Crippen molar-refractivity contribution in [1.82, 2.24) is 15.0 Å². The predicted octanol–water partition coefficient (Wildman–Crippen LogP) is 3.60. The molecule has 3 aromatic rings. The molecule has 0 fully saturated rings. The van der Waals surface area contributed by atoms with Gasteiger partial charge in [-0.15, -0.1) is 0 Å². The Hall–Kier alpha value is -3.07. The van der Waals surface area contributed by atoms with Gasteiger partial charge in [0.15, 0.2) is 5.13 Å². The number of anilines is 3. The molecule has 122 valence electrons. The quantitative estimate of drug-likeness (QED) is 0.539.